The number of aromatic nitrogens is 1. The van der Waals surface area contributed by atoms with Crippen molar-refractivity contribution in [2.24, 2.45) is 0 Å². The number of rotatable bonds is 3. The average Bonchev–Trinajstić information content (AvgIpc) is 2.61. The van der Waals surface area contributed by atoms with E-state index in [1.54, 1.807) is 43.6 Å². The van der Waals surface area contributed by atoms with Crippen molar-refractivity contribution in [1.82, 2.24) is 10.3 Å². The van der Waals surface area contributed by atoms with Crippen LogP contribution in [0, 0.1) is 0 Å². The minimum atomic E-state index is -0.212. The number of para-hydroxylation sites is 1. The minimum Gasteiger partial charge on any atom is -0.355 e. The Morgan fingerprint density at radius 3 is 2.39 bits per heavy atom. The lowest BCUT2D eigenvalue weighted by molar-refractivity contribution is 0.0962. The van der Waals surface area contributed by atoms with Crippen molar-refractivity contribution in [2.45, 2.75) is 0 Å². The molecule has 0 saturated carbocycles. The fraction of sp³-hybridized carbons (Fsp3) is 0.0556. The number of anilines is 1. The number of carbonyl (C=O) groups is 2. The molecular formula is C18H15N3O2. The van der Waals surface area contributed by atoms with Crippen molar-refractivity contribution < 1.29 is 9.59 Å². The number of nitrogens with zero attached hydrogens (tertiary/aromatic N) is 1. The van der Waals surface area contributed by atoms with Gasteiger partial charge in [0.2, 0.25) is 0 Å². The zero-order valence-electron chi connectivity index (χ0n) is 12.5. The number of benzene rings is 2. The van der Waals surface area contributed by atoms with Gasteiger partial charge in [0.15, 0.2) is 0 Å². The van der Waals surface area contributed by atoms with Crippen LogP contribution in [0.3, 0.4) is 0 Å². The van der Waals surface area contributed by atoms with E-state index in [1.165, 1.54) is 0 Å². The third-order valence-electron chi connectivity index (χ3n) is 3.53. The Morgan fingerprint density at radius 1 is 0.913 bits per heavy atom. The largest absolute Gasteiger partial charge is 0.355 e. The van der Waals surface area contributed by atoms with Gasteiger partial charge in [-0.2, -0.15) is 0 Å². The lowest BCUT2D eigenvalue weighted by Gasteiger charge is -2.08. The number of amides is 2. The highest BCUT2D eigenvalue weighted by atomic mass is 16.2. The Labute approximate surface area is 133 Å². The molecular weight excluding hydrogens is 290 g/mol. The zero-order valence-corrected chi connectivity index (χ0v) is 12.5. The lowest BCUT2D eigenvalue weighted by atomic mass is 10.1. The molecule has 1 aromatic heterocycles. The van der Waals surface area contributed by atoms with Crippen LogP contribution in [0.1, 0.15) is 20.7 Å². The molecule has 3 rings (SSSR count). The first kappa shape index (κ1) is 14.7. The van der Waals surface area contributed by atoms with E-state index in [1.807, 2.05) is 24.3 Å². The fourth-order valence-electron chi connectivity index (χ4n) is 2.34. The summed E-state index contributed by atoms with van der Waals surface area (Å²) < 4.78 is 0. The molecule has 0 fully saturated rings. The Hall–Kier alpha value is -3.21. The van der Waals surface area contributed by atoms with E-state index in [0.717, 1.165) is 10.9 Å². The summed E-state index contributed by atoms with van der Waals surface area (Å²) in [6.45, 7) is 0. The van der Waals surface area contributed by atoms with Crippen LogP contribution in [0.25, 0.3) is 10.9 Å². The smallest absolute Gasteiger partial charge is 0.256 e. The van der Waals surface area contributed by atoms with Gasteiger partial charge in [0.05, 0.1) is 11.1 Å². The quantitative estimate of drug-likeness (QED) is 0.781. The summed E-state index contributed by atoms with van der Waals surface area (Å²) in [6.07, 6.45) is 1.62. The van der Waals surface area contributed by atoms with Gasteiger partial charge in [-0.3, -0.25) is 14.6 Å². The molecule has 2 amide bonds. The molecule has 0 saturated heterocycles. The second kappa shape index (κ2) is 6.27. The predicted molar refractivity (Wildman–Crippen MR) is 89.5 cm³/mol. The monoisotopic (exact) mass is 305 g/mol. The summed E-state index contributed by atoms with van der Waals surface area (Å²) in [5, 5.41) is 6.19. The van der Waals surface area contributed by atoms with Crippen LogP contribution >= 0.6 is 0 Å². The van der Waals surface area contributed by atoms with Crippen LogP contribution in [0.5, 0.6) is 0 Å². The number of carbonyl (C=O) groups excluding carboxylic acids is 2. The van der Waals surface area contributed by atoms with Crippen molar-refractivity contribution in [3.05, 3.63) is 71.9 Å². The summed E-state index contributed by atoms with van der Waals surface area (Å²) in [5.74, 6) is -0.376. The van der Waals surface area contributed by atoms with Crippen LogP contribution in [0.4, 0.5) is 5.69 Å². The summed E-state index contributed by atoms with van der Waals surface area (Å²) >= 11 is 0. The van der Waals surface area contributed by atoms with Crippen LogP contribution < -0.4 is 10.6 Å². The fourth-order valence-corrected chi connectivity index (χ4v) is 2.34. The van der Waals surface area contributed by atoms with Crippen molar-refractivity contribution in [3.63, 3.8) is 0 Å². The number of hydrogen-bond donors (Lipinski definition) is 2. The summed E-state index contributed by atoms with van der Waals surface area (Å²) in [4.78, 5) is 28.2. The average molecular weight is 305 g/mol. The number of pyridine rings is 1. The van der Waals surface area contributed by atoms with Crippen LogP contribution in [-0.2, 0) is 0 Å². The molecule has 2 N–H and O–H groups in total. The lowest BCUT2D eigenvalue weighted by Crippen LogP contribution is -2.18. The third-order valence-corrected chi connectivity index (χ3v) is 3.53. The summed E-state index contributed by atoms with van der Waals surface area (Å²) in [5.41, 5.74) is 2.50. The molecule has 0 spiro atoms. The van der Waals surface area contributed by atoms with Gasteiger partial charge < -0.3 is 10.6 Å². The van der Waals surface area contributed by atoms with Gasteiger partial charge in [-0.15, -0.1) is 0 Å². The van der Waals surface area contributed by atoms with E-state index < -0.39 is 0 Å². The second-order valence-electron chi connectivity index (χ2n) is 4.99. The molecule has 0 radical (unpaired) electrons. The molecule has 1 heterocycles. The molecule has 114 valence electrons. The molecule has 3 aromatic rings. The van der Waals surface area contributed by atoms with E-state index >= 15 is 0 Å². The second-order valence-corrected chi connectivity index (χ2v) is 4.99. The van der Waals surface area contributed by atoms with Crippen LogP contribution in [-0.4, -0.2) is 23.8 Å². The van der Waals surface area contributed by atoms with Gasteiger partial charge in [0.1, 0.15) is 0 Å². The van der Waals surface area contributed by atoms with Crippen molar-refractivity contribution in [1.29, 1.82) is 0 Å². The molecule has 0 atom stereocenters. The van der Waals surface area contributed by atoms with Gasteiger partial charge >= 0.3 is 0 Å². The first-order valence-corrected chi connectivity index (χ1v) is 7.16. The molecule has 0 bridgehead atoms. The molecule has 5 nitrogen and oxygen atoms in total. The maximum Gasteiger partial charge on any atom is 0.256 e. The Bertz CT molecular complexity index is 868. The zero-order chi connectivity index (χ0) is 16.2. The molecule has 2 aromatic carbocycles. The molecule has 0 aliphatic rings. The molecule has 0 aliphatic heterocycles. The van der Waals surface area contributed by atoms with Crippen molar-refractivity contribution >= 4 is 28.4 Å². The number of fused-ring (bicyclic) bond motifs is 1. The summed E-state index contributed by atoms with van der Waals surface area (Å²) in [7, 11) is 1.58. The van der Waals surface area contributed by atoms with Crippen LogP contribution in [0.2, 0.25) is 0 Å². The molecule has 0 unspecified atom stereocenters. The SMILES string of the molecule is CNC(=O)c1ccc(NC(=O)c2ccnc3ccccc23)cc1. The Morgan fingerprint density at radius 2 is 1.65 bits per heavy atom. The van der Waals surface area contributed by atoms with Gasteiger partial charge in [-0.25, -0.2) is 0 Å². The van der Waals surface area contributed by atoms with Gasteiger partial charge in [-0.05, 0) is 36.4 Å². The Balaban J connectivity index is 1.85. The minimum absolute atomic E-state index is 0.164. The maximum atomic E-state index is 12.5. The van der Waals surface area contributed by atoms with E-state index in [0.29, 0.717) is 16.8 Å². The number of hydrogen-bond acceptors (Lipinski definition) is 3. The highest BCUT2D eigenvalue weighted by Gasteiger charge is 2.11. The van der Waals surface area contributed by atoms with Crippen molar-refractivity contribution in [3.8, 4) is 0 Å². The highest BCUT2D eigenvalue weighted by molar-refractivity contribution is 6.12. The molecule has 5 heteroatoms. The maximum absolute atomic E-state index is 12.5. The number of nitrogens with one attached hydrogen (secondary N) is 2. The van der Waals surface area contributed by atoms with Gasteiger partial charge in [0.25, 0.3) is 11.8 Å². The topological polar surface area (TPSA) is 71.1 Å². The van der Waals surface area contributed by atoms with E-state index in [-0.39, 0.29) is 11.8 Å². The van der Waals surface area contributed by atoms with E-state index in [4.69, 9.17) is 0 Å². The molecule has 23 heavy (non-hydrogen) atoms. The van der Waals surface area contributed by atoms with Gasteiger partial charge in [0, 0.05) is 29.9 Å². The first-order chi connectivity index (χ1) is 11.2. The van der Waals surface area contributed by atoms with E-state index in [9.17, 15) is 9.59 Å². The highest BCUT2D eigenvalue weighted by Crippen LogP contribution is 2.18. The van der Waals surface area contributed by atoms with Gasteiger partial charge in [-0.1, -0.05) is 18.2 Å². The van der Waals surface area contributed by atoms with Crippen molar-refractivity contribution in [2.75, 3.05) is 12.4 Å². The van der Waals surface area contributed by atoms with E-state index in [2.05, 4.69) is 15.6 Å². The van der Waals surface area contributed by atoms with Crippen LogP contribution in [0.15, 0.2) is 60.8 Å². The predicted octanol–water partition coefficient (Wildman–Crippen LogP) is 2.85. The molecule has 0 aliphatic carbocycles. The Kier molecular flexibility index (Phi) is 4.01. The first-order valence-electron chi connectivity index (χ1n) is 7.16. The third kappa shape index (κ3) is 3.03. The normalized spacial score (nSPS) is 10.3. The summed E-state index contributed by atoms with van der Waals surface area (Å²) in [6, 6.07) is 15.9. The standard InChI is InChI=1S/C18H15N3O2/c1-19-17(22)12-6-8-13(9-7-12)21-18(23)15-10-11-20-16-5-3-2-4-14(15)16/h2-11H,1H3,(H,19,22)(H,21,23).